The van der Waals surface area contributed by atoms with E-state index in [0.29, 0.717) is 5.92 Å². The van der Waals surface area contributed by atoms with Gasteiger partial charge in [0.25, 0.3) is 0 Å². The van der Waals surface area contributed by atoms with Gasteiger partial charge in [-0.1, -0.05) is 25.6 Å². The molecular weight excluding hydrogens is 154 g/mol. The van der Waals surface area contributed by atoms with E-state index in [2.05, 4.69) is 6.92 Å². The smallest absolute Gasteiger partial charge is 0.0758 e. The van der Waals surface area contributed by atoms with Crippen molar-refractivity contribution in [3.63, 3.8) is 0 Å². The predicted octanol–water partition coefficient (Wildman–Crippen LogP) is 2.49. The fourth-order valence-electron chi connectivity index (χ4n) is 1.86. The Morgan fingerprint density at radius 1 is 1.36 bits per heavy atom. The lowest BCUT2D eigenvalue weighted by Gasteiger charge is -2.26. The summed E-state index contributed by atoms with van der Waals surface area (Å²) >= 11 is 4.97. The van der Waals surface area contributed by atoms with Crippen molar-refractivity contribution >= 4 is 17.2 Å². The molecule has 0 spiro atoms. The van der Waals surface area contributed by atoms with Crippen molar-refractivity contribution in [2.75, 3.05) is 0 Å². The quantitative estimate of drug-likeness (QED) is 0.646. The summed E-state index contributed by atoms with van der Waals surface area (Å²) in [6.07, 6.45) is 6.45. The summed E-state index contributed by atoms with van der Waals surface area (Å²) in [4.78, 5) is 0.736. The van der Waals surface area contributed by atoms with Crippen LogP contribution in [0.1, 0.15) is 39.0 Å². The third-order valence-corrected chi connectivity index (χ3v) is 3.16. The van der Waals surface area contributed by atoms with E-state index in [1.165, 1.54) is 32.1 Å². The molecule has 11 heavy (non-hydrogen) atoms. The summed E-state index contributed by atoms with van der Waals surface area (Å²) in [5.74, 6) is 1.49. The summed E-state index contributed by atoms with van der Waals surface area (Å²) in [5.41, 5.74) is 5.59. The van der Waals surface area contributed by atoms with E-state index in [-0.39, 0.29) is 0 Å². The fraction of sp³-hybridized carbons (Fsp3) is 0.889. The number of thiocarbonyl (C=S) groups is 1. The zero-order valence-corrected chi connectivity index (χ0v) is 7.99. The highest BCUT2D eigenvalue weighted by Crippen LogP contribution is 2.30. The van der Waals surface area contributed by atoms with E-state index in [1.54, 1.807) is 0 Å². The molecule has 1 rings (SSSR count). The van der Waals surface area contributed by atoms with Crippen LogP contribution in [0.4, 0.5) is 0 Å². The molecule has 0 amide bonds. The number of hydrogen-bond acceptors (Lipinski definition) is 1. The van der Waals surface area contributed by atoms with Gasteiger partial charge in [-0.05, 0) is 31.6 Å². The molecule has 1 aliphatic rings. The van der Waals surface area contributed by atoms with Gasteiger partial charge in [0.1, 0.15) is 0 Å². The lowest BCUT2D eigenvalue weighted by Crippen LogP contribution is -2.25. The first-order chi connectivity index (χ1) is 5.24. The second kappa shape index (κ2) is 4.05. The Morgan fingerprint density at radius 3 is 2.27 bits per heavy atom. The van der Waals surface area contributed by atoms with Gasteiger partial charge in [0.05, 0.1) is 4.99 Å². The van der Waals surface area contributed by atoms with E-state index >= 15 is 0 Å². The molecule has 0 radical (unpaired) electrons. The molecule has 64 valence electrons. The normalized spacial score (nSPS) is 31.7. The van der Waals surface area contributed by atoms with Gasteiger partial charge in [-0.25, -0.2) is 0 Å². The second-order valence-corrected chi connectivity index (χ2v) is 4.00. The van der Waals surface area contributed by atoms with Gasteiger partial charge in [0, 0.05) is 5.92 Å². The molecule has 0 heterocycles. The second-order valence-electron chi connectivity index (χ2n) is 3.53. The van der Waals surface area contributed by atoms with Crippen LogP contribution < -0.4 is 5.73 Å². The Labute approximate surface area is 74.4 Å². The summed E-state index contributed by atoms with van der Waals surface area (Å²) in [5, 5.41) is 0. The minimum atomic E-state index is 0.549. The van der Waals surface area contributed by atoms with Gasteiger partial charge in [-0.2, -0.15) is 0 Å². The highest BCUT2D eigenvalue weighted by atomic mass is 32.1. The predicted molar refractivity (Wildman–Crippen MR) is 52.5 cm³/mol. The molecule has 1 fully saturated rings. The zero-order chi connectivity index (χ0) is 8.27. The zero-order valence-electron chi connectivity index (χ0n) is 7.18. The molecule has 0 aromatic carbocycles. The Bertz CT molecular complexity index is 136. The fourth-order valence-corrected chi connectivity index (χ4v) is 2.09. The molecular formula is C9H17NS. The average Bonchev–Trinajstić information content (AvgIpc) is 2.05. The molecule has 0 saturated heterocycles. The summed E-state index contributed by atoms with van der Waals surface area (Å²) in [7, 11) is 0. The summed E-state index contributed by atoms with van der Waals surface area (Å²) in [6.45, 7) is 2.27. The van der Waals surface area contributed by atoms with Crippen LogP contribution in [0.2, 0.25) is 0 Å². The van der Waals surface area contributed by atoms with Gasteiger partial charge in [0.15, 0.2) is 0 Å². The highest BCUT2D eigenvalue weighted by Gasteiger charge is 2.21. The van der Waals surface area contributed by atoms with E-state index < -0.39 is 0 Å². The lowest BCUT2D eigenvalue weighted by atomic mass is 9.81. The summed E-state index contributed by atoms with van der Waals surface area (Å²) < 4.78 is 0. The molecule has 0 atom stereocenters. The Kier molecular flexibility index (Phi) is 3.31. The maximum atomic E-state index is 5.59. The van der Waals surface area contributed by atoms with Crippen LogP contribution in [-0.2, 0) is 0 Å². The van der Waals surface area contributed by atoms with E-state index in [1.807, 2.05) is 0 Å². The first kappa shape index (κ1) is 8.98. The van der Waals surface area contributed by atoms with Crippen molar-refractivity contribution in [3.8, 4) is 0 Å². The number of nitrogens with two attached hydrogens (primary N) is 1. The van der Waals surface area contributed by atoms with E-state index in [0.717, 1.165) is 10.9 Å². The molecule has 1 aliphatic carbocycles. The summed E-state index contributed by atoms with van der Waals surface area (Å²) in [6, 6.07) is 0. The topological polar surface area (TPSA) is 26.0 Å². The van der Waals surface area contributed by atoms with Crippen LogP contribution in [0, 0.1) is 11.8 Å². The third kappa shape index (κ3) is 2.44. The van der Waals surface area contributed by atoms with E-state index in [9.17, 15) is 0 Å². The van der Waals surface area contributed by atoms with Gasteiger partial charge < -0.3 is 5.73 Å². The Hall–Kier alpha value is -0.110. The molecule has 1 saturated carbocycles. The molecule has 0 bridgehead atoms. The first-order valence-corrected chi connectivity index (χ1v) is 4.94. The van der Waals surface area contributed by atoms with Crippen molar-refractivity contribution in [2.45, 2.75) is 39.0 Å². The minimum Gasteiger partial charge on any atom is -0.393 e. The van der Waals surface area contributed by atoms with Crippen molar-refractivity contribution in [1.29, 1.82) is 0 Å². The first-order valence-electron chi connectivity index (χ1n) is 4.53. The van der Waals surface area contributed by atoms with E-state index in [4.69, 9.17) is 18.0 Å². The Balaban J connectivity index is 2.30. The third-order valence-electron chi connectivity index (χ3n) is 2.83. The van der Waals surface area contributed by atoms with Crippen molar-refractivity contribution in [1.82, 2.24) is 0 Å². The average molecular weight is 171 g/mol. The lowest BCUT2D eigenvalue weighted by molar-refractivity contribution is 0.315. The largest absolute Gasteiger partial charge is 0.393 e. The Morgan fingerprint density at radius 2 is 1.91 bits per heavy atom. The highest BCUT2D eigenvalue weighted by molar-refractivity contribution is 7.80. The molecule has 0 aromatic rings. The van der Waals surface area contributed by atoms with Crippen LogP contribution >= 0.6 is 12.2 Å². The number of hydrogen-bond donors (Lipinski definition) is 1. The minimum absolute atomic E-state index is 0.549. The maximum absolute atomic E-state index is 5.59. The molecule has 0 aromatic heterocycles. The monoisotopic (exact) mass is 171 g/mol. The van der Waals surface area contributed by atoms with Crippen LogP contribution in [0.5, 0.6) is 0 Å². The van der Waals surface area contributed by atoms with Gasteiger partial charge in [0.2, 0.25) is 0 Å². The van der Waals surface area contributed by atoms with Crippen molar-refractivity contribution < 1.29 is 0 Å². The number of rotatable bonds is 2. The van der Waals surface area contributed by atoms with Crippen LogP contribution in [0.3, 0.4) is 0 Å². The van der Waals surface area contributed by atoms with Crippen LogP contribution in [-0.4, -0.2) is 4.99 Å². The van der Waals surface area contributed by atoms with Crippen molar-refractivity contribution in [3.05, 3.63) is 0 Å². The SMILES string of the molecule is CCC1CCC(C(N)=S)CC1. The molecule has 0 unspecified atom stereocenters. The molecule has 2 heteroatoms. The van der Waals surface area contributed by atoms with Gasteiger partial charge in [-0.15, -0.1) is 0 Å². The van der Waals surface area contributed by atoms with Crippen molar-refractivity contribution in [2.24, 2.45) is 17.6 Å². The van der Waals surface area contributed by atoms with Gasteiger partial charge in [-0.3, -0.25) is 0 Å². The van der Waals surface area contributed by atoms with Crippen LogP contribution in [0.15, 0.2) is 0 Å². The molecule has 0 aliphatic heterocycles. The maximum Gasteiger partial charge on any atom is 0.0758 e. The molecule has 2 N–H and O–H groups in total. The standard InChI is InChI=1S/C9H17NS/c1-2-7-3-5-8(6-4-7)9(10)11/h7-8H,2-6H2,1H3,(H2,10,11). The van der Waals surface area contributed by atoms with Crippen LogP contribution in [0.25, 0.3) is 0 Å². The molecule has 1 nitrogen and oxygen atoms in total. The van der Waals surface area contributed by atoms with Gasteiger partial charge >= 0.3 is 0 Å².